The maximum Gasteiger partial charge on any atom is 0.408 e. The molecule has 1 heterocycles. The number of hydrogen-bond donors (Lipinski definition) is 4. The van der Waals surface area contributed by atoms with Gasteiger partial charge in [0.05, 0.1) is 6.04 Å². The van der Waals surface area contributed by atoms with Gasteiger partial charge in [-0.1, -0.05) is 37.6 Å². The van der Waals surface area contributed by atoms with Gasteiger partial charge in [-0.15, -0.1) is 0 Å². The fourth-order valence-corrected chi connectivity index (χ4v) is 4.79. The van der Waals surface area contributed by atoms with Crippen molar-refractivity contribution >= 4 is 39.5 Å². The molecule has 12 heteroatoms. The molecule has 1 aromatic carbocycles. The third-order valence-electron chi connectivity index (χ3n) is 5.57. The van der Waals surface area contributed by atoms with Crippen LogP contribution >= 0.6 is 11.6 Å². The Balaban J connectivity index is 2.08. The Kier molecular flexibility index (Phi) is 10.3. The topological polar surface area (TPSA) is 159 Å². The molecule has 0 spiro atoms. The predicted octanol–water partition coefficient (Wildman–Crippen LogP) is 2.29. The number of nitrogens with one attached hydrogen (secondary N) is 2. The lowest BCUT2D eigenvalue weighted by Crippen LogP contribution is -2.44. The van der Waals surface area contributed by atoms with E-state index in [0.29, 0.717) is 23.6 Å². The summed E-state index contributed by atoms with van der Waals surface area (Å²) in [6.07, 6.45) is -0.751. The number of ether oxygens (including phenoxy) is 1. The Morgan fingerprint density at radius 3 is 2.59 bits per heavy atom. The number of aliphatic hydroxyl groups excluding tert-OH is 1. The average molecular weight is 519 g/mol. The van der Waals surface area contributed by atoms with Crippen LogP contribution in [-0.2, 0) is 31.1 Å². The number of carbonyl (C=O) groups is 3. The maximum atomic E-state index is 13.1. The first-order valence-electron chi connectivity index (χ1n) is 11.0. The highest BCUT2D eigenvalue weighted by molar-refractivity contribution is 7.86. The number of alkyl carbamates (subject to hydrolysis) is 1. The number of carbonyl (C=O) groups excluding carboxylic acids is 3. The van der Waals surface area contributed by atoms with Gasteiger partial charge in [-0.25, -0.2) is 4.79 Å². The fourth-order valence-electron chi connectivity index (χ4n) is 3.88. The van der Waals surface area contributed by atoms with Gasteiger partial charge in [0.1, 0.15) is 6.61 Å². The number of benzene rings is 1. The van der Waals surface area contributed by atoms with Crippen molar-refractivity contribution < 1.29 is 37.2 Å². The first kappa shape index (κ1) is 28.0. The zero-order valence-corrected chi connectivity index (χ0v) is 20.6. The van der Waals surface area contributed by atoms with E-state index in [-0.39, 0.29) is 31.3 Å². The number of hydrogen-bond acceptors (Lipinski definition) is 7. The quantitative estimate of drug-likeness (QED) is 0.307. The molecule has 2 amide bonds. The molecule has 0 aromatic heterocycles. The van der Waals surface area contributed by atoms with E-state index in [4.69, 9.17) is 16.3 Å². The lowest BCUT2D eigenvalue weighted by molar-refractivity contribution is -0.125. The standard InChI is InChI=1S/C22H31ClN2O8S/c1-13(2)8-18(25-22(29)33-12-14-4-3-5-17(23)9-14)19(26)11-16(21(28)34(30,31)32)10-15-6-7-24-20(15)27/h3-5,9,13,15-16,18,21,28H,6-8,10-12H2,1-2H3,(H,24,27)(H,25,29)(H,30,31,32)/t15-,16+,18-,21?/m0/s1. The molecule has 1 fully saturated rings. The molecule has 1 aromatic rings. The summed E-state index contributed by atoms with van der Waals surface area (Å²) in [4.78, 5) is 37.3. The van der Waals surface area contributed by atoms with Crippen LogP contribution in [0, 0.1) is 17.8 Å². The van der Waals surface area contributed by atoms with E-state index in [9.17, 15) is 32.5 Å². The van der Waals surface area contributed by atoms with Crippen LogP contribution in [0.25, 0.3) is 0 Å². The van der Waals surface area contributed by atoms with Crippen molar-refractivity contribution in [1.29, 1.82) is 0 Å². The van der Waals surface area contributed by atoms with Crippen LogP contribution in [0.15, 0.2) is 24.3 Å². The highest BCUT2D eigenvalue weighted by Crippen LogP contribution is 2.28. The molecule has 2 rings (SSSR count). The van der Waals surface area contributed by atoms with Crippen LogP contribution in [0.1, 0.15) is 45.1 Å². The van der Waals surface area contributed by atoms with E-state index in [1.54, 1.807) is 24.3 Å². The van der Waals surface area contributed by atoms with Crippen molar-refractivity contribution in [2.45, 2.75) is 57.6 Å². The smallest absolute Gasteiger partial charge is 0.408 e. The lowest BCUT2D eigenvalue weighted by atomic mass is 9.87. The van der Waals surface area contributed by atoms with E-state index in [2.05, 4.69) is 10.6 Å². The van der Waals surface area contributed by atoms with Crippen LogP contribution in [0.4, 0.5) is 4.79 Å². The summed E-state index contributed by atoms with van der Waals surface area (Å²) in [7, 11) is -4.87. The zero-order valence-electron chi connectivity index (χ0n) is 19.1. The van der Waals surface area contributed by atoms with Gasteiger partial charge in [-0.05, 0) is 42.9 Å². The minimum atomic E-state index is -4.87. The molecule has 0 saturated carbocycles. The highest BCUT2D eigenvalue weighted by atomic mass is 35.5. The Bertz CT molecular complexity index is 985. The minimum Gasteiger partial charge on any atom is -0.445 e. The van der Waals surface area contributed by atoms with Crippen molar-refractivity contribution in [3.05, 3.63) is 34.9 Å². The van der Waals surface area contributed by atoms with E-state index >= 15 is 0 Å². The van der Waals surface area contributed by atoms with E-state index in [0.717, 1.165) is 0 Å². The lowest BCUT2D eigenvalue weighted by Gasteiger charge is -2.25. The third kappa shape index (κ3) is 8.86. The molecule has 190 valence electrons. The van der Waals surface area contributed by atoms with Crippen LogP contribution in [0.2, 0.25) is 5.02 Å². The second-order valence-corrected chi connectivity index (χ2v) is 10.8. The number of ketones is 1. The van der Waals surface area contributed by atoms with E-state index in [1.165, 1.54) is 0 Å². The molecular weight excluding hydrogens is 488 g/mol. The highest BCUT2D eigenvalue weighted by Gasteiger charge is 2.38. The van der Waals surface area contributed by atoms with Crippen LogP contribution in [0.5, 0.6) is 0 Å². The summed E-state index contributed by atoms with van der Waals surface area (Å²) in [6, 6.07) is 5.72. The summed E-state index contributed by atoms with van der Waals surface area (Å²) < 4.78 is 37.7. The van der Waals surface area contributed by atoms with Gasteiger partial charge in [0, 0.05) is 29.8 Å². The second-order valence-electron chi connectivity index (χ2n) is 8.88. The second kappa shape index (κ2) is 12.5. The Hall–Kier alpha value is -2.21. The fraction of sp³-hybridized carbons (Fsp3) is 0.591. The zero-order chi connectivity index (χ0) is 25.5. The Morgan fingerprint density at radius 1 is 1.32 bits per heavy atom. The molecule has 4 N–H and O–H groups in total. The maximum absolute atomic E-state index is 13.1. The van der Waals surface area contributed by atoms with E-state index in [1.807, 2.05) is 13.8 Å². The number of rotatable bonds is 12. The van der Waals surface area contributed by atoms with Gasteiger partial charge in [0.2, 0.25) is 5.91 Å². The van der Waals surface area contributed by atoms with Crippen molar-refractivity contribution in [3.63, 3.8) is 0 Å². The number of aliphatic hydroxyl groups is 1. The summed E-state index contributed by atoms with van der Waals surface area (Å²) >= 11 is 5.91. The molecule has 0 bridgehead atoms. The summed E-state index contributed by atoms with van der Waals surface area (Å²) in [5.41, 5.74) is -1.58. The first-order chi connectivity index (χ1) is 15.9. The average Bonchev–Trinajstić information content (AvgIpc) is 3.14. The van der Waals surface area contributed by atoms with Crippen LogP contribution in [0.3, 0.4) is 0 Å². The molecular formula is C22H31ClN2O8S. The normalized spacial score (nSPS) is 18.8. The van der Waals surface area contributed by atoms with Crippen molar-refractivity contribution in [2.75, 3.05) is 6.54 Å². The molecule has 10 nitrogen and oxygen atoms in total. The Labute approximate surface area is 204 Å². The number of halogens is 1. The van der Waals surface area contributed by atoms with Gasteiger partial charge in [-0.3, -0.25) is 14.1 Å². The van der Waals surface area contributed by atoms with Gasteiger partial charge < -0.3 is 20.5 Å². The largest absolute Gasteiger partial charge is 0.445 e. The summed E-state index contributed by atoms with van der Waals surface area (Å²) in [5.74, 6) is -2.67. The summed E-state index contributed by atoms with van der Waals surface area (Å²) in [5, 5.41) is 15.8. The monoisotopic (exact) mass is 518 g/mol. The molecule has 0 radical (unpaired) electrons. The molecule has 34 heavy (non-hydrogen) atoms. The molecule has 1 unspecified atom stereocenters. The van der Waals surface area contributed by atoms with E-state index < -0.39 is 51.7 Å². The van der Waals surface area contributed by atoms with Crippen molar-refractivity contribution in [3.8, 4) is 0 Å². The predicted molar refractivity (Wildman–Crippen MR) is 124 cm³/mol. The molecule has 1 aliphatic rings. The third-order valence-corrected chi connectivity index (χ3v) is 6.80. The first-order valence-corrected chi connectivity index (χ1v) is 12.9. The van der Waals surface area contributed by atoms with Crippen LogP contribution < -0.4 is 10.6 Å². The van der Waals surface area contributed by atoms with Gasteiger partial charge >= 0.3 is 6.09 Å². The van der Waals surface area contributed by atoms with Gasteiger partial charge in [-0.2, -0.15) is 8.42 Å². The molecule has 1 aliphatic heterocycles. The van der Waals surface area contributed by atoms with Crippen molar-refractivity contribution in [2.24, 2.45) is 17.8 Å². The van der Waals surface area contributed by atoms with Crippen molar-refractivity contribution in [1.82, 2.24) is 10.6 Å². The SMILES string of the molecule is CC(C)C[C@H](NC(=O)OCc1cccc(Cl)c1)C(=O)C[C@@H](C[C@@H]1CCNC1=O)C(O)S(=O)(=O)O. The van der Waals surface area contributed by atoms with Crippen LogP contribution in [-0.4, -0.2) is 53.9 Å². The van der Waals surface area contributed by atoms with Gasteiger partial charge in [0.25, 0.3) is 10.1 Å². The summed E-state index contributed by atoms with van der Waals surface area (Å²) in [6.45, 7) is 4.01. The molecule has 1 saturated heterocycles. The number of amides is 2. The molecule has 4 atom stereocenters. The Morgan fingerprint density at radius 2 is 2.03 bits per heavy atom. The van der Waals surface area contributed by atoms with Gasteiger partial charge in [0.15, 0.2) is 11.2 Å². The minimum absolute atomic E-state index is 0.00672. The number of Topliss-reactive ketones (excluding diaryl/α,β-unsaturated/α-hetero) is 1. The molecule has 0 aliphatic carbocycles.